The van der Waals surface area contributed by atoms with Gasteiger partial charge in [-0.25, -0.2) is 0 Å². The van der Waals surface area contributed by atoms with E-state index in [1.807, 2.05) is 6.07 Å². The molecule has 2 N–H and O–H groups in total. The number of amides is 2. The van der Waals surface area contributed by atoms with Crippen molar-refractivity contribution in [2.75, 3.05) is 20.2 Å². The molecule has 2 aromatic rings. The van der Waals surface area contributed by atoms with Gasteiger partial charge in [0, 0.05) is 23.1 Å². The third-order valence-electron chi connectivity index (χ3n) is 3.13. The lowest BCUT2D eigenvalue weighted by molar-refractivity contribution is 0.0926. The number of para-hydroxylation sites is 1. The van der Waals surface area contributed by atoms with Crippen LogP contribution in [0.1, 0.15) is 20.7 Å². The second kappa shape index (κ2) is 8.33. The number of hydrogen-bond donors (Lipinski definition) is 2. The zero-order valence-electron chi connectivity index (χ0n) is 12.6. The molecule has 0 aliphatic carbocycles. The Morgan fingerprint density at radius 3 is 2.39 bits per heavy atom. The molecule has 0 saturated heterocycles. The first-order valence-corrected chi connectivity index (χ1v) is 7.86. The van der Waals surface area contributed by atoms with Gasteiger partial charge in [0.15, 0.2) is 0 Å². The highest BCUT2D eigenvalue weighted by Crippen LogP contribution is 2.16. The summed E-state index contributed by atoms with van der Waals surface area (Å²) in [6.45, 7) is 0.670. The molecule has 0 aliphatic heterocycles. The van der Waals surface area contributed by atoms with Gasteiger partial charge < -0.3 is 15.4 Å². The number of methoxy groups -OCH3 is 1. The second-order valence-electron chi connectivity index (χ2n) is 4.72. The largest absolute Gasteiger partial charge is 0.496 e. The van der Waals surface area contributed by atoms with Crippen molar-refractivity contribution in [3.63, 3.8) is 0 Å². The molecule has 5 nitrogen and oxygen atoms in total. The molecule has 0 bridgehead atoms. The van der Waals surface area contributed by atoms with Gasteiger partial charge in [0.1, 0.15) is 5.75 Å². The predicted molar refractivity (Wildman–Crippen MR) is 91.8 cm³/mol. The van der Waals surface area contributed by atoms with Crippen LogP contribution in [0, 0.1) is 0 Å². The number of benzene rings is 2. The molecule has 2 amide bonds. The summed E-state index contributed by atoms with van der Waals surface area (Å²) in [4.78, 5) is 24.0. The Kier molecular flexibility index (Phi) is 6.17. The number of carbonyl (C=O) groups is 2. The lowest BCUT2D eigenvalue weighted by atomic mass is 10.2. The summed E-state index contributed by atoms with van der Waals surface area (Å²) in [5.74, 6) is 0.0974. The van der Waals surface area contributed by atoms with Gasteiger partial charge in [-0.2, -0.15) is 0 Å². The molecule has 0 heterocycles. The molecular formula is C17H17BrN2O3. The number of carbonyl (C=O) groups excluding carboxylic acids is 2. The zero-order valence-corrected chi connectivity index (χ0v) is 14.2. The van der Waals surface area contributed by atoms with E-state index in [1.165, 1.54) is 7.11 Å². The van der Waals surface area contributed by atoms with Gasteiger partial charge >= 0.3 is 0 Å². The van der Waals surface area contributed by atoms with Crippen LogP contribution in [0.3, 0.4) is 0 Å². The van der Waals surface area contributed by atoms with Gasteiger partial charge in [0.05, 0.1) is 12.7 Å². The summed E-state index contributed by atoms with van der Waals surface area (Å²) in [5.41, 5.74) is 1.03. The van der Waals surface area contributed by atoms with Crippen molar-refractivity contribution in [2.45, 2.75) is 0 Å². The summed E-state index contributed by atoms with van der Waals surface area (Å²) in [6.07, 6.45) is 0. The highest BCUT2D eigenvalue weighted by molar-refractivity contribution is 9.10. The number of halogens is 1. The maximum Gasteiger partial charge on any atom is 0.255 e. The highest BCUT2D eigenvalue weighted by Gasteiger charge is 2.11. The fourth-order valence-corrected chi connectivity index (χ4v) is 2.41. The fraction of sp³-hybridized carbons (Fsp3) is 0.176. The van der Waals surface area contributed by atoms with Crippen LogP contribution in [0.15, 0.2) is 53.0 Å². The summed E-state index contributed by atoms with van der Waals surface area (Å²) in [6, 6.07) is 14.1. The van der Waals surface area contributed by atoms with E-state index in [0.29, 0.717) is 30.0 Å². The molecule has 0 fully saturated rings. The van der Waals surface area contributed by atoms with Crippen LogP contribution in [-0.4, -0.2) is 32.0 Å². The Balaban J connectivity index is 1.81. The molecule has 0 spiro atoms. The van der Waals surface area contributed by atoms with Crippen molar-refractivity contribution in [3.8, 4) is 5.75 Å². The standard InChI is InChI=1S/C17H17BrN2O3/c1-23-15-8-3-2-7-14(15)17(22)20-10-9-19-16(21)12-5-4-6-13(18)11-12/h2-8,11H,9-10H2,1H3,(H,19,21)(H,20,22). The van der Waals surface area contributed by atoms with Gasteiger partial charge in [0.25, 0.3) is 11.8 Å². The van der Waals surface area contributed by atoms with Crippen molar-refractivity contribution in [3.05, 3.63) is 64.1 Å². The minimum absolute atomic E-state index is 0.183. The lowest BCUT2D eigenvalue weighted by Gasteiger charge is -2.10. The van der Waals surface area contributed by atoms with Gasteiger partial charge in [-0.05, 0) is 30.3 Å². The summed E-state index contributed by atoms with van der Waals surface area (Å²) < 4.78 is 5.99. The Bertz CT molecular complexity index is 704. The molecule has 0 aliphatic rings. The van der Waals surface area contributed by atoms with E-state index in [-0.39, 0.29) is 11.8 Å². The lowest BCUT2D eigenvalue weighted by Crippen LogP contribution is -2.34. The van der Waals surface area contributed by atoms with Crippen LogP contribution in [0.4, 0.5) is 0 Å². The zero-order chi connectivity index (χ0) is 16.7. The molecule has 6 heteroatoms. The van der Waals surface area contributed by atoms with E-state index in [0.717, 1.165) is 4.47 Å². The van der Waals surface area contributed by atoms with Gasteiger partial charge in [-0.15, -0.1) is 0 Å². The van der Waals surface area contributed by atoms with Gasteiger partial charge in [-0.3, -0.25) is 9.59 Å². The predicted octanol–water partition coefficient (Wildman–Crippen LogP) is 2.62. The summed E-state index contributed by atoms with van der Waals surface area (Å²) >= 11 is 3.32. The minimum Gasteiger partial charge on any atom is -0.496 e. The number of ether oxygens (including phenoxy) is 1. The van der Waals surface area contributed by atoms with Crippen molar-refractivity contribution < 1.29 is 14.3 Å². The molecule has 23 heavy (non-hydrogen) atoms. The Morgan fingerprint density at radius 2 is 1.70 bits per heavy atom. The molecule has 2 aromatic carbocycles. The normalized spacial score (nSPS) is 10.0. The number of hydrogen-bond acceptors (Lipinski definition) is 3. The smallest absolute Gasteiger partial charge is 0.255 e. The van der Waals surface area contributed by atoms with Crippen molar-refractivity contribution >= 4 is 27.7 Å². The molecular weight excluding hydrogens is 360 g/mol. The van der Waals surface area contributed by atoms with E-state index in [9.17, 15) is 9.59 Å². The van der Waals surface area contributed by atoms with E-state index in [1.54, 1.807) is 42.5 Å². The van der Waals surface area contributed by atoms with Crippen LogP contribution in [0.5, 0.6) is 5.75 Å². The molecule has 0 atom stereocenters. The molecule has 2 rings (SSSR count). The average molecular weight is 377 g/mol. The van der Waals surface area contributed by atoms with Gasteiger partial charge in [-0.1, -0.05) is 34.1 Å². The average Bonchev–Trinajstić information content (AvgIpc) is 2.58. The van der Waals surface area contributed by atoms with Gasteiger partial charge in [0.2, 0.25) is 0 Å². The molecule has 0 unspecified atom stereocenters. The van der Waals surface area contributed by atoms with E-state index < -0.39 is 0 Å². The maximum atomic E-state index is 12.1. The quantitative estimate of drug-likeness (QED) is 0.761. The summed E-state index contributed by atoms with van der Waals surface area (Å²) in [5, 5.41) is 5.50. The van der Waals surface area contributed by atoms with E-state index in [2.05, 4.69) is 26.6 Å². The Hall–Kier alpha value is -2.34. The van der Waals surface area contributed by atoms with Crippen molar-refractivity contribution in [1.29, 1.82) is 0 Å². The van der Waals surface area contributed by atoms with Crippen LogP contribution in [-0.2, 0) is 0 Å². The first-order valence-electron chi connectivity index (χ1n) is 7.07. The maximum absolute atomic E-state index is 12.1. The Labute approximate surface area is 143 Å². The van der Waals surface area contributed by atoms with Crippen LogP contribution >= 0.6 is 15.9 Å². The SMILES string of the molecule is COc1ccccc1C(=O)NCCNC(=O)c1cccc(Br)c1. The highest BCUT2D eigenvalue weighted by atomic mass is 79.9. The molecule has 0 saturated carbocycles. The third kappa shape index (κ3) is 4.82. The summed E-state index contributed by atoms with van der Waals surface area (Å²) in [7, 11) is 1.52. The monoisotopic (exact) mass is 376 g/mol. The second-order valence-corrected chi connectivity index (χ2v) is 5.64. The van der Waals surface area contributed by atoms with Crippen LogP contribution in [0.25, 0.3) is 0 Å². The Morgan fingerprint density at radius 1 is 1.00 bits per heavy atom. The van der Waals surface area contributed by atoms with E-state index >= 15 is 0 Å². The molecule has 120 valence electrons. The van der Waals surface area contributed by atoms with E-state index in [4.69, 9.17) is 4.74 Å². The first-order chi connectivity index (χ1) is 11.1. The first kappa shape index (κ1) is 17.0. The fourth-order valence-electron chi connectivity index (χ4n) is 2.01. The number of rotatable bonds is 6. The van der Waals surface area contributed by atoms with Crippen LogP contribution < -0.4 is 15.4 Å². The van der Waals surface area contributed by atoms with Crippen LogP contribution in [0.2, 0.25) is 0 Å². The third-order valence-corrected chi connectivity index (χ3v) is 3.63. The van der Waals surface area contributed by atoms with Crippen molar-refractivity contribution in [2.24, 2.45) is 0 Å². The van der Waals surface area contributed by atoms with Crippen molar-refractivity contribution in [1.82, 2.24) is 10.6 Å². The topological polar surface area (TPSA) is 67.4 Å². The molecule has 0 radical (unpaired) electrons. The minimum atomic E-state index is -0.237. The number of nitrogens with one attached hydrogen (secondary N) is 2. The molecule has 0 aromatic heterocycles.